The Morgan fingerprint density at radius 3 is 3.00 bits per heavy atom. The minimum atomic E-state index is -0.263. The molecule has 3 heteroatoms. The molecule has 0 N–H and O–H groups in total. The highest BCUT2D eigenvalue weighted by Gasteiger charge is 1.97. The maximum absolute atomic E-state index is 12.7. The molecule has 0 bridgehead atoms. The van der Waals surface area contributed by atoms with Crippen molar-refractivity contribution in [3.05, 3.63) is 36.0 Å². The third-order valence-corrected chi connectivity index (χ3v) is 1.67. The van der Waals surface area contributed by atoms with Crippen molar-refractivity contribution in [2.75, 3.05) is 0 Å². The van der Waals surface area contributed by atoms with E-state index in [2.05, 4.69) is 9.97 Å². The molecule has 2 rings (SSSR count). The summed E-state index contributed by atoms with van der Waals surface area (Å²) in [5.41, 5.74) is 0.655. The molecule has 60 valence electrons. The summed E-state index contributed by atoms with van der Waals surface area (Å²) in [6.07, 6.45) is 1.69. The molecule has 0 aliphatic heterocycles. The zero-order chi connectivity index (χ0) is 8.55. The normalized spacial score (nSPS) is 10.5. The second-order valence-corrected chi connectivity index (χ2v) is 2.62. The number of hydrogen-bond acceptors (Lipinski definition) is 2. The van der Waals surface area contributed by atoms with Crippen molar-refractivity contribution in [3.8, 4) is 0 Å². The van der Waals surface area contributed by atoms with Crippen LogP contribution in [0.4, 0.5) is 4.39 Å². The largest absolute Gasteiger partial charge is 0.241 e. The first kappa shape index (κ1) is 7.16. The summed E-state index contributed by atoms with van der Waals surface area (Å²) in [5, 5.41) is 0.863. The molecule has 0 saturated heterocycles. The zero-order valence-corrected chi connectivity index (χ0v) is 6.58. The fourth-order valence-corrected chi connectivity index (χ4v) is 1.09. The van der Waals surface area contributed by atoms with Crippen LogP contribution in [0, 0.1) is 12.7 Å². The molecule has 0 amide bonds. The predicted molar refractivity (Wildman–Crippen MR) is 44.2 cm³/mol. The first-order valence-electron chi connectivity index (χ1n) is 3.64. The summed E-state index contributed by atoms with van der Waals surface area (Å²) < 4.78 is 12.7. The van der Waals surface area contributed by atoms with Gasteiger partial charge in [-0.25, -0.2) is 14.4 Å². The van der Waals surface area contributed by atoms with Crippen LogP contribution in [0.1, 0.15) is 5.82 Å². The van der Waals surface area contributed by atoms with Gasteiger partial charge < -0.3 is 0 Å². The van der Waals surface area contributed by atoms with E-state index in [9.17, 15) is 4.39 Å². The van der Waals surface area contributed by atoms with Crippen LogP contribution >= 0.6 is 0 Å². The maximum atomic E-state index is 12.7. The summed E-state index contributed by atoms with van der Waals surface area (Å²) in [4.78, 5) is 8.09. The van der Waals surface area contributed by atoms with E-state index in [-0.39, 0.29) is 5.82 Å². The van der Waals surface area contributed by atoms with Gasteiger partial charge in [-0.2, -0.15) is 0 Å². The predicted octanol–water partition coefficient (Wildman–Crippen LogP) is 2.08. The van der Waals surface area contributed by atoms with Gasteiger partial charge in [-0.05, 0) is 19.1 Å². The fourth-order valence-electron chi connectivity index (χ4n) is 1.09. The van der Waals surface area contributed by atoms with Crippen LogP contribution in [0.25, 0.3) is 10.9 Å². The van der Waals surface area contributed by atoms with Crippen LogP contribution in [0.2, 0.25) is 0 Å². The molecule has 0 aliphatic carbocycles. The monoisotopic (exact) mass is 162 g/mol. The van der Waals surface area contributed by atoms with Crippen LogP contribution in [0.5, 0.6) is 0 Å². The highest BCUT2D eigenvalue weighted by molar-refractivity contribution is 5.77. The number of rotatable bonds is 0. The SMILES string of the molecule is Cc1ncc2ccc(F)cc2n1. The Morgan fingerprint density at radius 2 is 2.17 bits per heavy atom. The molecule has 0 atom stereocenters. The molecule has 12 heavy (non-hydrogen) atoms. The molecule has 0 radical (unpaired) electrons. The van der Waals surface area contributed by atoms with Gasteiger partial charge in [-0.1, -0.05) is 0 Å². The van der Waals surface area contributed by atoms with Crippen molar-refractivity contribution >= 4 is 10.9 Å². The molecular formula is C9H7FN2. The van der Waals surface area contributed by atoms with Crippen LogP contribution in [0.3, 0.4) is 0 Å². The molecule has 0 unspecified atom stereocenters. The Morgan fingerprint density at radius 1 is 1.33 bits per heavy atom. The van der Waals surface area contributed by atoms with Gasteiger partial charge in [0, 0.05) is 17.6 Å². The van der Waals surface area contributed by atoms with Gasteiger partial charge in [0.05, 0.1) is 5.52 Å². The lowest BCUT2D eigenvalue weighted by atomic mass is 10.2. The quantitative estimate of drug-likeness (QED) is 0.592. The molecule has 0 saturated carbocycles. The average molecular weight is 162 g/mol. The lowest BCUT2D eigenvalue weighted by Gasteiger charge is -1.96. The van der Waals surface area contributed by atoms with Crippen LogP contribution in [-0.4, -0.2) is 9.97 Å². The smallest absolute Gasteiger partial charge is 0.125 e. The number of fused-ring (bicyclic) bond motifs is 1. The van der Waals surface area contributed by atoms with Gasteiger partial charge in [0.1, 0.15) is 11.6 Å². The van der Waals surface area contributed by atoms with Crippen molar-refractivity contribution in [1.82, 2.24) is 9.97 Å². The zero-order valence-electron chi connectivity index (χ0n) is 6.58. The van der Waals surface area contributed by atoms with Crippen LogP contribution in [-0.2, 0) is 0 Å². The minimum absolute atomic E-state index is 0.263. The maximum Gasteiger partial charge on any atom is 0.125 e. The number of halogens is 1. The Hall–Kier alpha value is -1.51. The van der Waals surface area contributed by atoms with Gasteiger partial charge in [-0.3, -0.25) is 0 Å². The molecule has 0 aliphatic rings. The van der Waals surface area contributed by atoms with E-state index in [1.807, 2.05) is 0 Å². The van der Waals surface area contributed by atoms with E-state index in [0.29, 0.717) is 11.3 Å². The van der Waals surface area contributed by atoms with Crippen molar-refractivity contribution in [2.45, 2.75) is 6.92 Å². The Labute approximate surface area is 69.1 Å². The number of benzene rings is 1. The van der Waals surface area contributed by atoms with Gasteiger partial charge in [0.2, 0.25) is 0 Å². The van der Waals surface area contributed by atoms with E-state index in [4.69, 9.17) is 0 Å². The van der Waals surface area contributed by atoms with E-state index in [1.54, 1.807) is 19.2 Å². The first-order chi connectivity index (χ1) is 5.75. The number of aromatic nitrogens is 2. The third-order valence-electron chi connectivity index (χ3n) is 1.67. The van der Waals surface area contributed by atoms with Crippen molar-refractivity contribution in [1.29, 1.82) is 0 Å². The Bertz CT molecular complexity index is 389. The van der Waals surface area contributed by atoms with Gasteiger partial charge in [0.25, 0.3) is 0 Å². The standard InChI is InChI=1S/C9H7FN2/c1-6-11-5-7-2-3-8(10)4-9(7)12-6/h2-5H,1H3. The van der Waals surface area contributed by atoms with Gasteiger partial charge >= 0.3 is 0 Å². The minimum Gasteiger partial charge on any atom is -0.241 e. The molecule has 1 aromatic carbocycles. The topological polar surface area (TPSA) is 25.8 Å². The van der Waals surface area contributed by atoms with Crippen molar-refractivity contribution < 1.29 is 4.39 Å². The van der Waals surface area contributed by atoms with Gasteiger partial charge in [0.15, 0.2) is 0 Å². The van der Waals surface area contributed by atoms with E-state index in [0.717, 1.165) is 5.39 Å². The summed E-state index contributed by atoms with van der Waals surface area (Å²) in [7, 11) is 0. The third kappa shape index (κ3) is 1.13. The van der Waals surface area contributed by atoms with Gasteiger partial charge in [-0.15, -0.1) is 0 Å². The Kier molecular flexibility index (Phi) is 1.50. The summed E-state index contributed by atoms with van der Waals surface area (Å²) in [5.74, 6) is 0.397. The number of aryl methyl sites for hydroxylation is 1. The summed E-state index contributed by atoms with van der Waals surface area (Å²) >= 11 is 0. The fraction of sp³-hybridized carbons (Fsp3) is 0.111. The molecule has 2 nitrogen and oxygen atoms in total. The molecule has 2 aromatic rings. The lowest BCUT2D eigenvalue weighted by molar-refractivity contribution is 0.629. The second kappa shape index (κ2) is 2.52. The molecule has 1 heterocycles. The number of nitrogens with zero attached hydrogens (tertiary/aromatic N) is 2. The highest BCUT2D eigenvalue weighted by atomic mass is 19.1. The highest BCUT2D eigenvalue weighted by Crippen LogP contribution is 2.11. The number of hydrogen-bond donors (Lipinski definition) is 0. The Balaban J connectivity index is 2.80. The first-order valence-corrected chi connectivity index (χ1v) is 3.64. The average Bonchev–Trinajstić information content (AvgIpc) is 2.03. The van der Waals surface area contributed by atoms with Crippen molar-refractivity contribution in [2.24, 2.45) is 0 Å². The lowest BCUT2D eigenvalue weighted by Crippen LogP contribution is -1.87. The molecule has 0 spiro atoms. The van der Waals surface area contributed by atoms with Crippen molar-refractivity contribution in [3.63, 3.8) is 0 Å². The summed E-state index contributed by atoms with van der Waals surface area (Å²) in [6.45, 7) is 1.78. The van der Waals surface area contributed by atoms with E-state index >= 15 is 0 Å². The second-order valence-electron chi connectivity index (χ2n) is 2.62. The molecule has 1 aromatic heterocycles. The van der Waals surface area contributed by atoms with E-state index < -0.39 is 0 Å². The van der Waals surface area contributed by atoms with Crippen LogP contribution < -0.4 is 0 Å². The summed E-state index contributed by atoms with van der Waals surface area (Å²) in [6, 6.07) is 4.48. The molecule has 0 fully saturated rings. The van der Waals surface area contributed by atoms with E-state index in [1.165, 1.54) is 12.1 Å². The van der Waals surface area contributed by atoms with Crippen LogP contribution in [0.15, 0.2) is 24.4 Å². The molecular weight excluding hydrogens is 155 g/mol.